The van der Waals surface area contributed by atoms with Crippen molar-refractivity contribution in [1.29, 1.82) is 0 Å². The summed E-state index contributed by atoms with van der Waals surface area (Å²) in [6, 6.07) is 1.33. The van der Waals surface area contributed by atoms with E-state index in [0.717, 1.165) is 0 Å². The summed E-state index contributed by atoms with van der Waals surface area (Å²) in [5.41, 5.74) is -0.859. The Morgan fingerprint density at radius 3 is 2.62 bits per heavy atom. The van der Waals surface area contributed by atoms with E-state index in [1.165, 1.54) is 16.8 Å². The molecule has 0 aliphatic carbocycles. The number of imidazole rings is 1. The number of pyridine rings is 1. The van der Waals surface area contributed by atoms with Gasteiger partial charge in [0, 0.05) is 23.2 Å². The normalized spacial score (nSPS) is 11.7. The van der Waals surface area contributed by atoms with Gasteiger partial charge in [0.15, 0.2) is 17.3 Å². The number of ether oxygens (including phenoxy) is 2. The van der Waals surface area contributed by atoms with Crippen molar-refractivity contribution in [2.45, 2.75) is 46.3 Å². The number of aromatic nitrogens is 3. The number of halogens is 4. The molecule has 0 fully saturated rings. The molecule has 142 valence electrons. The molecule has 0 unspecified atom stereocenters. The van der Waals surface area contributed by atoms with Crippen molar-refractivity contribution in [3.63, 3.8) is 0 Å². The average Bonchev–Trinajstić information content (AvgIpc) is 2.82. The molecule has 0 spiro atoms. The molecular formula is C16H17BrClF2N3O3. The predicted molar refractivity (Wildman–Crippen MR) is 95.2 cm³/mol. The van der Waals surface area contributed by atoms with Gasteiger partial charge in [0.25, 0.3) is 0 Å². The number of rotatable bonds is 5. The van der Waals surface area contributed by atoms with Crippen molar-refractivity contribution in [3.05, 3.63) is 33.4 Å². The largest absolute Gasteiger partial charge is 0.455 e. The molecule has 0 radical (unpaired) electrons. The van der Waals surface area contributed by atoms with Crippen molar-refractivity contribution in [1.82, 2.24) is 14.5 Å². The minimum Gasteiger partial charge on any atom is -0.455 e. The fraction of sp³-hybridized carbons (Fsp3) is 0.438. The second-order valence-electron chi connectivity index (χ2n) is 6.21. The molecule has 0 aliphatic rings. The van der Waals surface area contributed by atoms with Crippen molar-refractivity contribution in [3.8, 4) is 11.6 Å². The maximum absolute atomic E-state index is 12.8. The van der Waals surface area contributed by atoms with Gasteiger partial charge in [-0.3, -0.25) is 4.57 Å². The SMILES string of the molecule is CCc1nc(C(=O)OC(C)(C)C)c(Cl)n1-c1ncc(Br)cc1OC(F)F. The van der Waals surface area contributed by atoms with Crippen LogP contribution in [0.25, 0.3) is 5.82 Å². The van der Waals surface area contributed by atoms with E-state index in [4.69, 9.17) is 16.3 Å². The highest BCUT2D eigenvalue weighted by Gasteiger charge is 2.28. The Bertz CT molecular complexity index is 822. The fourth-order valence-corrected chi connectivity index (χ4v) is 2.72. The van der Waals surface area contributed by atoms with E-state index in [2.05, 4.69) is 30.6 Å². The number of hydrogen-bond acceptors (Lipinski definition) is 5. The summed E-state index contributed by atoms with van der Waals surface area (Å²) in [7, 11) is 0. The lowest BCUT2D eigenvalue weighted by Crippen LogP contribution is -2.24. The molecule has 6 nitrogen and oxygen atoms in total. The fourth-order valence-electron chi connectivity index (χ4n) is 2.12. The molecule has 26 heavy (non-hydrogen) atoms. The number of esters is 1. The van der Waals surface area contributed by atoms with E-state index in [1.807, 2.05) is 0 Å². The third-order valence-corrected chi connectivity index (χ3v) is 3.81. The van der Waals surface area contributed by atoms with Crippen LogP contribution >= 0.6 is 27.5 Å². The van der Waals surface area contributed by atoms with E-state index < -0.39 is 18.2 Å². The summed E-state index contributed by atoms with van der Waals surface area (Å²) in [5.74, 6) is -0.578. The molecule has 0 aliphatic heterocycles. The van der Waals surface area contributed by atoms with E-state index >= 15 is 0 Å². The second kappa shape index (κ2) is 7.87. The third-order valence-electron chi connectivity index (χ3n) is 3.03. The van der Waals surface area contributed by atoms with Gasteiger partial charge in [-0.1, -0.05) is 18.5 Å². The zero-order chi connectivity index (χ0) is 19.6. The Labute approximate surface area is 162 Å². The topological polar surface area (TPSA) is 66.2 Å². The summed E-state index contributed by atoms with van der Waals surface area (Å²) in [4.78, 5) is 20.6. The Kier molecular flexibility index (Phi) is 6.23. The van der Waals surface area contributed by atoms with Gasteiger partial charge in [0.05, 0.1) is 0 Å². The molecular weight excluding hydrogens is 436 g/mol. The zero-order valence-electron chi connectivity index (χ0n) is 14.5. The monoisotopic (exact) mass is 451 g/mol. The molecule has 2 aromatic heterocycles. The Morgan fingerprint density at radius 2 is 2.08 bits per heavy atom. The van der Waals surface area contributed by atoms with Gasteiger partial charge in [-0.2, -0.15) is 8.78 Å². The van der Waals surface area contributed by atoms with E-state index in [0.29, 0.717) is 16.7 Å². The molecule has 0 saturated carbocycles. The first kappa shape index (κ1) is 20.6. The first-order valence-corrected chi connectivity index (χ1v) is 8.81. The van der Waals surface area contributed by atoms with Crippen molar-refractivity contribution < 1.29 is 23.0 Å². The number of aryl methyl sites for hydroxylation is 1. The summed E-state index contributed by atoms with van der Waals surface area (Å²) in [5, 5.41) is -0.0926. The summed E-state index contributed by atoms with van der Waals surface area (Å²) in [6.07, 6.45) is 1.77. The van der Waals surface area contributed by atoms with Gasteiger partial charge in [0.1, 0.15) is 16.6 Å². The van der Waals surface area contributed by atoms with Crippen LogP contribution in [0.3, 0.4) is 0 Å². The van der Waals surface area contributed by atoms with Crippen LogP contribution in [0.4, 0.5) is 8.78 Å². The first-order chi connectivity index (χ1) is 12.0. The number of hydrogen-bond donors (Lipinski definition) is 0. The Morgan fingerprint density at radius 1 is 1.42 bits per heavy atom. The van der Waals surface area contributed by atoms with Crippen LogP contribution in [-0.4, -0.2) is 32.7 Å². The molecule has 0 amide bonds. The lowest BCUT2D eigenvalue weighted by Gasteiger charge is -2.18. The van der Waals surface area contributed by atoms with Crippen LogP contribution in [0.2, 0.25) is 5.15 Å². The summed E-state index contributed by atoms with van der Waals surface area (Å²) >= 11 is 9.47. The van der Waals surface area contributed by atoms with Crippen molar-refractivity contribution in [2.24, 2.45) is 0 Å². The zero-order valence-corrected chi connectivity index (χ0v) is 16.9. The highest BCUT2D eigenvalue weighted by Crippen LogP contribution is 2.32. The molecule has 0 saturated heterocycles. The molecule has 10 heteroatoms. The standard InChI is InChI=1S/C16H17BrClF2N3O3/c1-5-10-22-11(14(24)26-16(2,3)4)12(18)23(10)13-9(25-15(19)20)6-8(17)7-21-13/h6-7,15H,5H2,1-4H3. The van der Waals surface area contributed by atoms with Crippen molar-refractivity contribution >= 4 is 33.5 Å². The summed E-state index contributed by atoms with van der Waals surface area (Å²) in [6.45, 7) is 3.85. The van der Waals surface area contributed by atoms with Crippen LogP contribution in [0.1, 0.15) is 44.0 Å². The first-order valence-electron chi connectivity index (χ1n) is 7.64. The van der Waals surface area contributed by atoms with E-state index in [9.17, 15) is 13.6 Å². The highest BCUT2D eigenvalue weighted by molar-refractivity contribution is 9.10. The van der Waals surface area contributed by atoms with Crippen LogP contribution in [0, 0.1) is 0 Å². The van der Waals surface area contributed by atoms with Gasteiger partial charge in [0.2, 0.25) is 0 Å². The van der Waals surface area contributed by atoms with Crippen LogP contribution in [-0.2, 0) is 11.2 Å². The molecule has 2 aromatic rings. The number of nitrogens with zero attached hydrogens (tertiary/aromatic N) is 3. The van der Waals surface area contributed by atoms with Crippen molar-refractivity contribution in [2.75, 3.05) is 0 Å². The smallest absolute Gasteiger partial charge is 0.387 e. The number of carbonyl (C=O) groups excluding carboxylic acids is 1. The maximum atomic E-state index is 12.8. The van der Waals surface area contributed by atoms with Gasteiger partial charge < -0.3 is 9.47 Å². The Hall–Kier alpha value is -1.74. The number of alkyl halides is 2. The molecule has 0 N–H and O–H groups in total. The van der Waals surface area contributed by atoms with Crippen LogP contribution < -0.4 is 4.74 Å². The van der Waals surface area contributed by atoms with Gasteiger partial charge in [-0.05, 0) is 36.7 Å². The molecule has 0 aromatic carbocycles. The number of carbonyl (C=O) groups is 1. The quantitative estimate of drug-likeness (QED) is 0.610. The third kappa shape index (κ3) is 4.70. The maximum Gasteiger partial charge on any atom is 0.387 e. The van der Waals surface area contributed by atoms with Crippen LogP contribution in [0.5, 0.6) is 5.75 Å². The lowest BCUT2D eigenvalue weighted by atomic mass is 10.2. The second-order valence-corrected chi connectivity index (χ2v) is 7.49. The lowest BCUT2D eigenvalue weighted by molar-refractivity contribution is -0.0501. The van der Waals surface area contributed by atoms with Gasteiger partial charge in [-0.15, -0.1) is 0 Å². The summed E-state index contributed by atoms with van der Waals surface area (Å²) < 4.78 is 37.1. The molecule has 2 rings (SSSR count). The average molecular weight is 453 g/mol. The molecule has 2 heterocycles. The minimum absolute atomic E-state index is 0.00217. The Balaban J connectivity index is 2.59. The van der Waals surface area contributed by atoms with E-state index in [-0.39, 0.29) is 22.4 Å². The van der Waals surface area contributed by atoms with Gasteiger partial charge in [-0.25, -0.2) is 14.8 Å². The molecule has 0 bridgehead atoms. The van der Waals surface area contributed by atoms with Crippen LogP contribution in [0.15, 0.2) is 16.7 Å². The van der Waals surface area contributed by atoms with E-state index in [1.54, 1.807) is 27.7 Å². The predicted octanol–water partition coefficient (Wildman–Crippen LogP) is 4.80. The van der Waals surface area contributed by atoms with Gasteiger partial charge >= 0.3 is 12.6 Å². The highest BCUT2D eigenvalue weighted by atomic mass is 79.9. The minimum atomic E-state index is -3.05. The molecule has 0 atom stereocenters.